The Hall–Kier alpha value is -0.670. The van der Waals surface area contributed by atoms with E-state index in [0.29, 0.717) is 11.4 Å². The standard InChI is InChI=1S/C12H16O2S/c1-9-6-12(14-8-9)15-11-5-3-4-10(7-11)13-2/h3-5,7,9,12H,6,8H2,1-2H3/t9-,12?/m1/s1. The van der Waals surface area contributed by atoms with E-state index in [1.54, 1.807) is 18.9 Å². The van der Waals surface area contributed by atoms with E-state index in [0.717, 1.165) is 18.8 Å². The maximum absolute atomic E-state index is 5.66. The lowest BCUT2D eigenvalue weighted by molar-refractivity contribution is 0.166. The molecule has 1 fully saturated rings. The zero-order valence-electron chi connectivity index (χ0n) is 9.10. The molecular formula is C12H16O2S. The van der Waals surface area contributed by atoms with Crippen LogP contribution in [0.2, 0.25) is 0 Å². The number of benzene rings is 1. The molecule has 0 saturated carbocycles. The Balaban J connectivity index is 1.98. The van der Waals surface area contributed by atoms with Crippen LogP contribution in [0.5, 0.6) is 5.75 Å². The highest BCUT2D eigenvalue weighted by Gasteiger charge is 2.22. The summed E-state index contributed by atoms with van der Waals surface area (Å²) in [7, 11) is 1.69. The molecule has 1 saturated heterocycles. The van der Waals surface area contributed by atoms with Gasteiger partial charge in [-0.15, -0.1) is 0 Å². The number of hydrogen-bond acceptors (Lipinski definition) is 3. The molecule has 1 aliphatic rings. The fraction of sp³-hybridized carbons (Fsp3) is 0.500. The van der Waals surface area contributed by atoms with Crippen molar-refractivity contribution in [3.05, 3.63) is 24.3 Å². The molecule has 2 nitrogen and oxygen atoms in total. The maximum atomic E-state index is 5.66. The first kappa shape index (κ1) is 10.8. The SMILES string of the molecule is COc1cccc(SC2C[C@@H](C)CO2)c1. The van der Waals surface area contributed by atoms with Crippen molar-refractivity contribution in [2.75, 3.05) is 13.7 Å². The molecule has 0 bridgehead atoms. The van der Waals surface area contributed by atoms with Gasteiger partial charge in [-0.1, -0.05) is 24.8 Å². The van der Waals surface area contributed by atoms with E-state index in [1.165, 1.54) is 4.90 Å². The Morgan fingerprint density at radius 1 is 1.47 bits per heavy atom. The Labute approximate surface area is 95.0 Å². The van der Waals surface area contributed by atoms with Crippen molar-refractivity contribution in [2.45, 2.75) is 23.7 Å². The minimum Gasteiger partial charge on any atom is -0.497 e. The Kier molecular flexibility index (Phi) is 3.54. The number of methoxy groups -OCH3 is 1. The van der Waals surface area contributed by atoms with Crippen LogP contribution in [0.4, 0.5) is 0 Å². The predicted molar refractivity (Wildman–Crippen MR) is 62.4 cm³/mol. The van der Waals surface area contributed by atoms with Crippen molar-refractivity contribution in [3.8, 4) is 5.75 Å². The molecular weight excluding hydrogens is 208 g/mol. The zero-order chi connectivity index (χ0) is 10.7. The van der Waals surface area contributed by atoms with Gasteiger partial charge in [-0.25, -0.2) is 0 Å². The van der Waals surface area contributed by atoms with Crippen molar-refractivity contribution >= 4 is 11.8 Å². The molecule has 2 rings (SSSR count). The lowest BCUT2D eigenvalue weighted by Gasteiger charge is -2.09. The van der Waals surface area contributed by atoms with Gasteiger partial charge in [0, 0.05) is 4.90 Å². The first-order chi connectivity index (χ1) is 7.28. The van der Waals surface area contributed by atoms with Crippen molar-refractivity contribution in [1.82, 2.24) is 0 Å². The molecule has 82 valence electrons. The summed E-state index contributed by atoms with van der Waals surface area (Å²) < 4.78 is 10.9. The summed E-state index contributed by atoms with van der Waals surface area (Å²) in [5.74, 6) is 1.60. The third-order valence-corrected chi connectivity index (χ3v) is 3.59. The van der Waals surface area contributed by atoms with Crippen LogP contribution in [0.3, 0.4) is 0 Å². The van der Waals surface area contributed by atoms with Crippen LogP contribution < -0.4 is 4.74 Å². The number of ether oxygens (including phenoxy) is 2. The highest BCUT2D eigenvalue weighted by atomic mass is 32.2. The van der Waals surface area contributed by atoms with E-state index in [4.69, 9.17) is 9.47 Å². The average molecular weight is 224 g/mol. The van der Waals surface area contributed by atoms with Crippen LogP contribution in [0, 0.1) is 5.92 Å². The summed E-state index contributed by atoms with van der Waals surface area (Å²) in [6.45, 7) is 3.12. The van der Waals surface area contributed by atoms with E-state index < -0.39 is 0 Å². The highest BCUT2D eigenvalue weighted by molar-refractivity contribution is 7.99. The number of rotatable bonds is 3. The third-order valence-electron chi connectivity index (χ3n) is 2.47. The summed E-state index contributed by atoms with van der Waals surface area (Å²) in [4.78, 5) is 1.22. The van der Waals surface area contributed by atoms with Gasteiger partial charge in [0.05, 0.1) is 13.7 Å². The third kappa shape index (κ3) is 2.89. The summed E-state index contributed by atoms with van der Waals surface area (Å²) in [6, 6.07) is 8.12. The van der Waals surface area contributed by atoms with Crippen LogP contribution in [0.15, 0.2) is 29.2 Å². The first-order valence-corrected chi connectivity index (χ1v) is 6.08. The molecule has 0 N–H and O–H groups in total. The fourth-order valence-electron chi connectivity index (χ4n) is 1.64. The molecule has 2 atom stereocenters. The topological polar surface area (TPSA) is 18.5 Å². The highest BCUT2D eigenvalue weighted by Crippen LogP contribution is 2.34. The van der Waals surface area contributed by atoms with Crippen LogP contribution in [0.25, 0.3) is 0 Å². The Morgan fingerprint density at radius 2 is 2.33 bits per heavy atom. The Bertz CT molecular complexity index is 327. The molecule has 15 heavy (non-hydrogen) atoms. The van der Waals surface area contributed by atoms with E-state index >= 15 is 0 Å². The average Bonchev–Trinajstić information content (AvgIpc) is 2.64. The van der Waals surface area contributed by atoms with Gasteiger partial charge >= 0.3 is 0 Å². The second-order valence-electron chi connectivity index (χ2n) is 3.90. The number of hydrogen-bond donors (Lipinski definition) is 0. The van der Waals surface area contributed by atoms with E-state index in [2.05, 4.69) is 19.1 Å². The molecule has 0 spiro atoms. The van der Waals surface area contributed by atoms with Gasteiger partial charge in [-0.05, 0) is 30.5 Å². The summed E-state index contributed by atoms with van der Waals surface area (Å²) in [5.41, 5.74) is 0.312. The predicted octanol–water partition coefficient (Wildman–Crippen LogP) is 3.17. The molecule has 1 heterocycles. The van der Waals surface area contributed by atoms with Gasteiger partial charge in [0.1, 0.15) is 11.2 Å². The smallest absolute Gasteiger partial charge is 0.119 e. The minimum atomic E-state index is 0.312. The molecule has 0 radical (unpaired) electrons. The van der Waals surface area contributed by atoms with Crippen LogP contribution in [-0.4, -0.2) is 19.2 Å². The molecule has 0 aliphatic carbocycles. The second-order valence-corrected chi connectivity index (χ2v) is 5.13. The van der Waals surface area contributed by atoms with Crippen molar-refractivity contribution < 1.29 is 9.47 Å². The largest absolute Gasteiger partial charge is 0.497 e. The molecule has 1 unspecified atom stereocenters. The van der Waals surface area contributed by atoms with Crippen LogP contribution in [-0.2, 0) is 4.74 Å². The monoisotopic (exact) mass is 224 g/mol. The van der Waals surface area contributed by atoms with Gasteiger partial charge < -0.3 is 9.47 Å². The molecule has 0 amide bonds. The van der Waals surface area contributed by atoms with Crippen molar-refractivity contribution in [1.29, 1.82) is 0 Å². The normalized spacial score (nSPS) is 25.5. The van der Waals surface area contributed by atoms with E-state index in [1.807, 2.05) is 12.1 Å². The summed E-state index contributed by atoms with van der Waals surface area (Å²) >= 11 is 1.78. The van der Waals surface area contributed by atoms with Crippen molar-refractivity contribution in [3.63, 3.8) is 0 Å². The van der Waals surface area contributed by atoms with Gasteiger partial charge in [0.2, 0.25) is 0 Å². The molecule has 1 aliphatic heterocycles. The zero-order valence-corrected chi connectivity index (χ0v) is 9.92. The first-order valence-electron chi connectivity index (χ1n) is 5.20. The summed E-state index contributed by atoms with van der Waals surface area (Å²) in [6.07, 6.45) is 1.14. The van der Waals surface area contributed by atoms with Gasteiger partial charge in [0.15, 0.2) is 0 Å². The van der Waals surface area contributed by atoms with Crippen LogP contribution in [0.1, 0.15) is 13.3 Å². The second kappa shape index (κ2) is 4.90. The lowest BCUT2D eigenvalue weighted by Crippen LogP contribution is -1.97. The quantitative estimate of drug-likeness (QED) is 0.785. The van der Waals surface area contributed by atoms with Gasteiger partial charge in [-0.2, -0.15) is 0 Å². The van der Waals surface area contributed by atoms with Crippen molar-refractivity contribution in [2.24, 2.45) is 5.92 Å². The van der Waals surface area contributed by atoms with E-state index in [-0.39, 0.29) is 0 Å². The molecule has 1 aromatic carbocycles. The minimum absolute atomic E-state index is 0.312. The Morgan fingerprint density at radius 3 is 3.00 bits per heavy atom. The molecule has 1 aromatic rings. The maximum Gasteiger partial charge on any atom is 0.119 e. The fourth-order valence-corrected chi connectivity index (χ4v) is 2.86. The molecule has 3 heteroatoms. The number of thioether (sulfide) groups is 1. The lowest BCUT2D eigenvalue weighted by atomic mass is 10.2. The van der Waals surface area contributed by atoms with Gasteiger partial charge in [0.25, 0.3) is 0 Å². The summed E-state index contributed by atoms with van der Waals surface area (Å²) in [5, 5.41) is 0. The van der Waals surface area contributed by atoms with Gasteiger partial charge in [-0.3, -0.25) is 0 Å². The van der Waals surface area contributed by atoms with E-state index in [9.17, 15) is 0 Å². The molecule has 0 aromatic heterocycles. The van der Waals surface area contributed by atoms with Crippen LogP contribution >= 0.6 is 11.8 Å².